The van der Waals surface area contributed by atoms with Crippen LogP contribution < -0.4 is 5.73 Å². The number of alkyl halides is 3. The number of primary amides is 1. The average molecular weight is 164 g/mol. The van der Waals surface area contributed by atoms with Gasteiger partial charge in [-0.15, -0.1) is 12.4 Å². The Morgan fingerprint density at radius 3 is 1.67 bits per heavy atom. The summed E-state index contributed by atoms with van der Waals surface area (Å²) in [5.74, 6) is -1.62. The van der Waals surface area contributed by atoms with Crippen molar-refractivity contribution in [3.05, 3.63) is 0 Å². The standard InChI is InChI=1S/C3H4F3NO.ClH/c4-1(2(5)6)3(7)8;/h1-2H,(H2,7,8);1H. The summed E-state index contributed by atoms with van der Waals surface area (Å²) in [6.45, 7) is 0. The number of hydrogen-bond acceptors (Lipinski definition) is 1. The van der Waals surface area contributed by atoms with Crippen LogP contribution in [-0.2, 0) is 4.79 Å². The molecule has 0 aliphatic carbocycles. The van der Waals surface area contributed by atoms with Crippen molar-refractivity contribution in [1.29, 1.82) is 0 Å². The summed E-state index contributed by atoms with van der Waals surface area (Å²) in [4.78, 5) is 9.51. The van der Waals surface area contributed by atoms with Crippen molar-refractivity contribution in [2.45, 2.75) is 12.6 Å². The highest BCUT2D eigenvalue weighted by atomic mass is 35.5. The lowest BCUT2D eigenvalue weighted by Gasteiger charge is -1.98. The quantitative estimate of drug-likeness (QED) is 0.633. The van der Waals surface area contributed by atoms with Crippen LogP contribution in [0.4, 0.5) is 13.2 Å². The van der Waals surface area contributed by atoms with Gasteiger partial charge in [-0.3, -0.25) is 4.79 Å². The fourth-order valence-corrected chi connectivity index (χ4v) is 0.124. The minimum Gasteiger partial charge on any atom is -0.367 e. The first-order chi connectivity index (χ1) is 3.55. The van der Waals surface area contributed by atoms with Gasteiger partial charge in [0.2, 0.25) is 6.17 Å². The molecular formula is C3H5ClF3NO. The van der Waals surface area contributed by atoms with Crippen LogP contribution in [0.15, 0.2) is 0 Å². The molecule has 6 heteroatoms. The van der Waals surface area contributed by atoms with Crippen LogP contribution in [0.5, 0.6) is 0 Å². The highest BCUT2D eigenvalue weighted by molar-refractivity contribution is 5.85. The van der Waals surface area contributed by atoms with Gasteiger partial charge in [-0.05, 0) is 0 Å². The topological polar surface area (TPSA) is 43.1 Å². The summed E-state index contributed by atoms with van der Waals surface area (Å²) in [6.07, 6.45) is -6.12. The summed E-state index contributed by atoms with van der Waals surface area (Å²) in [7, 11) is 0. The van der Waals surface area contributed by atoms with Crippen LogP contribution in [0.25, 0.3) is 0 Å². The van der Waals surface area contributed by atoms with Gasteiger partial charge >= 0.3 is 0 Å². The second-order valence-corrected chi connectivity index (χ2v) is 1.14. The van der Waals surface area contributed by atoms with Gasteiger partial charge in [0.25, 0.3) is 12.3 Å². The molecule has 1 amide bonds. The van der Waals surface area contributed by atoms with E-state index in [1.54, 1.807) is 0 Å². The zero-order chi connectivity index (χ0) is 6.73. The van der Waals surface area contributed by atoms with Crippen molar-refractivity contribution in [3.63, 3.8) is 0 Å². The van der Waals surface area contributed by atoms with Crippen molar-refractivity contribution < 1.29 is 18.0 Å². The molecule has 0 spiro atoms. The maximum atomic E-state index is 11.4. The highest BCUT2D eigenvalue weighted by Crippen LogP contribution is 2.02. The summed E-state index contributed by atoms with van der Waals surface area (Å²) in [5, 5.41) is 0. The van der Waals surface area contributed by atoms with Crippen molar-refractivity contribution in [2.24, 2.45) is 5.73 Å². The van der Waals surface area contributed by atoms with E-state index in [2.05, 4.69) is 5.73 Å². The Bertz CT molecular complexity index is 99.1. The van der Waals surface area contributed by atoms with E-state index in [1.165, 1.54) is 0 Å². The maximum absolute atomic E-state index is 11.4. The van der Waals surface area contributed by atoms with Gasteiger partial charge in [-0.25, -0.2) is 13.2 Å². The fourth-order valence-electron chi connectivity index (χ4n) is 0.124. The number of hydrogen-bond donors (Lipinski definition) is 1. The van der Waals surface area contributed by atoms with Gasteiger partial charge in [0.1, 0.15) is 0 Å². The van der Waals surface area contributed by atoms with E-state index >= 15 is 0 Å². The second kappa shape index (κ2) is 4.43. The summed E-state index contributed by atoms with van der Waals surface area (Å²) in [5.41, 5.74) is 4.14. The van der Waals surface area contributed by atoms with E-state index in [0.717, 1.165) is 0 Å². The Labute approximate surface area is 55.6 Å². The van der Waals surface area contributed by atoms with E-state index in [9.17, 15) is 18.0 Å². The third-order valence-electron chi connectivity index (χ3n) is 0.493. The Morgan fingerprint density at radius 1 is 1.33 bits per heavy atom. The van der Waals surface area contributed by atoms with Gasteiger partial charge in [-0.1, -0.05) is 0 Å². The second-order valence-electron chi connectivity index (χ2n) is 1.14. The largest absolute Gasteiger partial charge is 0.367 e. The number of carbonyl (C=O) groups excluding carboxylic acids is 1. The van der Waals surface area contributed by atoms with Gasteiger partial charge in [0, 0.05) is 0 Å². The lowest BCUT2D eigenvalue weighted by molar-refractivity contribution is -0.127. The van der Waals surface area contributed by atoms with Crippen LogP contribution in [0.3, 0.4) is 0 Å². The number of carbonyl (C=O) groups is 1. The molecule has 1 unspecified atom stereocenters. The molecule has 0 aromatic rings. The van der Waals surface area contributed by atoms with E-state index in [4.69, 9.17) is 0 Å². The SMILES string of the molecule is Cl.NC(=O)C(F)C(F)F. The van der Waals surface area contributed by atoms with Crippen molar-refractivity contribution in [3.8, 4) is 0 Å². The predicted octanol–water partition coefficient (Wildman–Crippen LogP) is 0.497. The molecule has 56 valence electrons. The lowest BCUT2D eigenvalue weighted by Crippen LogP contribution is -2.30. The first-order valence-electron chi connectivity index (χ1n) is 1.77. The zero-order valence-electron chi connectivity index (χ0n) is 4.18. The maximum Gasteiger partial charge on any atom is 0.278 e. The minimum absolute atomic E-state index is 0. The third kappa shape index (κ3) is 4.08. The Balaban J connectivity index is 0. The summed E-state index contributed by atoms with van der Waals surface area (Å²) in [6, 6.07) is 0. The van der Waals surface area contributed by atoms with Crippen LogP contribution in [0, 0.1) is 0 Å². The zero-order valence-corrected chi connectivity index (χ0v) is 5.00. The molecule has 0 aromatic heterocycles. The normalized spacial score (nSPS) is 12.4. The van der Waals surface area contributed by atoms with Gasteiger partial charge in [0.05, 0.1) is 0 Å². The molecule has 0 aliphatic heterocycles. The molecule has 1 atom stereocenters. The number of rotatable bonds is 2. The monoisotopic (exact) mass is 163 g/mol. The van der Waals surface area contributed by atoms with Crippen molar-refractivity contribution in [2.75, 3.05) is 0 Å². The molecule has 0 aliphatic rings. The van der Waals surface area contributed by atoms with Gasteiger partial charge in [-0.2, -0.15) is 0 Å². The van der Waals surface area contributed by atoms with Crippen LogP contribution in [0.1, 0.15) is 0 Å². The van der Waals surface area contributed by atoms with Gasteiger partial charge < -0.3 is 5.73 Å². The number of nitrogens with two attached hydrogens (primary N) is 1. The molecule has 0 heterocycles. The first-order valence-corrected chi connectivity index (χ1v) is 1.77. The highest BCUT2D eigenvalue weighted by Gasteiger charge is 2.24. The van der Waals surface area contributed by atoms with E-state index in [0.29, 0.717) is 0 Å². The molecule has 0 aromatic carbocycles. The molecule has 0 fully saturated rings. The molecule has 0 rings (SSSR count). The van der Waals surface area contributed by atoms with Crippen LogP contribution >= 0.6 is 12.4 Å². The molecule has 0 bridgehead atoms. The molecule has 0 radical (unpaired) electrons. The minimum atomic E-state index is -3.30. The van der Waals surface area contributed by atoms with Crippen LogP contribution in [-0.4, -0.2) is 18.5 Å². The van der Waals surface area contributed by atoms with E-state index in [1.807, 2.05) is 0 Å². The molecule has 2 N–H and O–H groups in total. The average Bonchev–Trinajstić information content (AvgIpc) is 1.64. The third-order valence-corrected chi connectivity index (χ3v) is 0.493. The Morgan fingerprint density at radius 2 is 1.67 bits per heavy atom. The molecular weight excluding hydrogens is 158 g/mol. The fraction of sp³-hybridized carbons (Fsp3) is 0.667. The Kier molecular flexibility index (Phi) is 5.59. The summed E-state index contributed by atoms with van der Waals surface area (Å²) < 4.78 is 33.4. The van der Waals surface area contributed by atoms with Gasteiger partial charge in [0.15, 0.2) is 0 Å². The molecule has 0 saturated carbocycles. The summed E-state index contributed by atoms with van der Waals surface area (Å²) >= 11 is 0. The number of amides is 1. The molecule has 2 nitrogen and oxygen atoms in total. The van der Waals surface area contributed by atoms with Crippen molar-refractivity contribution in [1.82, 2.24) is 0 Å². The molecule has 9 heavy (non-hydrogen) atoms. The number of halogens is 4. The Hall–Kier alpha value is -0.450. The molecule has 0 saturated heterocycles. The van der Waals surface area contributed by atoms with Crippen LogP contribution in [0.2, 0.25) is 0 Å². The van der Waals surface area contributed by atoms with E-state index in [-0.39, 0.29) is 12.4 Å². The van der Waals surface area contributed by atoms with Crippen molar-refractivity contribution >= 4 is 18.3 Å². The smallest absolute Gasteiger partial charge is 0.278 e. The predicted molar refractivity (Wildman–Crippen MR) is 27.3 cm³/mol. The van der Waals surface area contributed by atoms with E-state index < -0.39 is 18.5 Å². The lowest BCUT2D eigenvalue weighted by atomic mass is 10.4. The first kappa shape index (κ1) is 11.4.